The largest absolute Gasteiger partial charge is 0.490 e. The predicted octanol–water partition coefficient (Wildman–Crippen LogP) is 5.70. The second-order valence-electron chi connectivity index (χ2n) is 5.76. The normalized spacial score (nSPS) is 10.8. The van der Waals surface area contributed by atoms with E-state index in [0.717, 1.165) is 35.5 Å². The topological polar surface area (TPSA) is 30.5 Å². The third kappa shape index (κ3) is 8.07. The average molecular weight is 386 g/mol. The molecule has 0 aliphatic carbocycles. The second kappa shape index (κ2) is 12.7. The maximum atomic E-state index is 5.78. The molecule has 1 aromatic carbocycles. The van der Waals surface area contributed by atoms with Crippen molar-refractivity contribution in [2.45, 2.75) is 65.8 Å². The monoisotopic (exact) mass is 385 g/mol. The summed E-state index contributed by atoms with van der Waals surface area (Å²) in [5.74, 6) is 1.66. The Hall–Kier alpha value is -0.740. The first kappa shape index (κ1) is 20.3. The van der Waals surface area contributed by atoms with Crippen molar-refractivity contribution in [3.63, 3.8) is 0 Å². The van der Waals surface area contributed by atoms with Crippen LogP contribution in [0.3, 0.4) is 0 Å². The molecule has 3 nitrogen and oxygen atoms in total. The molecule has 1 rings (SSSR count). The lowest BCUT2D eigenvalue weighted by molar-refractivity contribution is 0.276. The lowest BCUT2D eigenvalue weighted by Gasteiger charge is -2.15. The Labute approximate surface area is 150 Å². The summed E-state index contributed by atoms with van der Waals surface area (Å²) in [5.41, 5.74) is 1.21. The van der Waals surface area contributed by atoms with E-state index in [1.54, 1.807) is 0 Å². The Balaban J connectivity index is 2.52. The quantitative estimate of drug-likeness (QED) is 0.442. The van der Waals surface area contributed by atoms with Crippen LogP contribution in [0.5, 0.6) is 11.5 Å². The molecule has 0 saturated carbocycles. The summed E-state index contributed by atoms with van der Waals surface area (Å²) < 4.78 is 12.6. The first-order valence-electron chi connectivity index (χ1n) is 9.01. The molecule has 0 spiro atoms. The van der Waals surface area contributed by atoms with Crippen molar-refractivity contribution in [2.75, 3.05) is 19.8 Å². The van der Waals surface area contributed by atoms with Crippen molar-refractivity contribution in [2.24, 2.45) is 0 Å². The van der Waals surface area contributed by atoms with Crippen LogP contribution in [0, 0.1) is 0 Å². The fourth-order valence-electron chi connectivity index (χ4n) is 2.38. The highest BCUT2D eigenvalue weighted by Crippen LogP contribution is 2.34. The van der Waals surface area contributed by atoms with E-state index in [9.17, 15) is 0 Å². The smallest absolute Gasteiger partial charge is 0.162 e. The molecule has 1 aromatic rings. The van der Waals surface area contributed by atoms with E-state index in [1.165, 1.54) is 37.7 Å². The number of rotatable bonds is 13. The van der Waals surface area contributed by atoms with Gasteiger partial charge in [-0.25, -0.2) is 0 Å². The average Bonchev–Trinajstić information content (AvgIpc) is 2.55. The Bertz CT molecular complexity index is 438. The molecule has 4 heteroatoms. The Kier molecular flexibility index (Phi) is 11.2. The minimum atomic E-state index is 0.647. The molecule has 1 N–H and O–H groups in total. The van der Waals surface area contributed by atoms with Crippen LogP contribution < -0.4 is 14.8 Å². The lowest BCUT2D eigenvalue weighted by Crippen LogP contribution is -2.15. The highest BCUT2D eigenvalue weighted by atomic mass is 79.9. The van der Waals surface area contributed by atoms with Crippen LogP contribution in [0.4, 0.5) is 0 Å². The molecule has 0 bridgehead atoms. The van der Waals surface area contributed by atoms with Gasteiger partial charge < -0.3 is 14.8 Å². The molecule has 0 saturated heterocycles. The van der Waals surface area contributed by atoms with Crippen LogP contribution in [0.25, 0.3) is 0 Å². The molecule has 132 valence electrons. The van der Waals surface area contributed by atoms with Crippen LogP contribution >= 0.6 is 15.9 Å². The molecular formula is C19H32BrNO2. The van der Waals surface area contributed by atoms with E-state index in [1.807, 2.05) is 13.0 Å². The molecule has 0 aliphatic heterocycles. The Morgan fingerprint density at radius 2 is 1.65 bits per heavy atom. The first-order chi connectivity index (χ1) is 11.2. The minimum Gasteiger partial charge on any atom is -0.490 e. The van der Waals surface area contributed by atoms with Crippen molar-refractivity contribution in [1.29, 1.82) is 0 Å². The highest BCUT2D eigenvalue weighted by Gasteiger charge is 2.10. The molecule has 0 amide bonds. The zero-order valence-electron chi connectivity index (χ0n) is 14.9. The van der Waals surface area contributed by atoms with E-state index in [2.05, 4.69) is 41.2 Å². The molecule has 23 heavy (non-hydrogen) atoms. The van der Waals surface area contributed by atoms with Gasteiger partial charge in [-0.05, 0) is 44.0 Å². The summed E-state index contributed by atoms with van der Waals surface area (Å²) in [6.07, 6.45) is 7.55. The van der Waals surface area contributed by atoms with Gasteiger partial charge in [0, 0.05) is 11.0 Å². The Morgan fingerprint density at radius 3 is 2.35 bits per heavy atom. The van der Waals surface area contributed by atoms with Crippen LogP contribution in [-0.4, -0.2) is 19.8 Å². The van der Waals surface area contributed by atoms with Gasteiger partial charge in [-0.15, -0.1) is 0 Å². The minimum absolute atomic E-state index is 0.647. The summed E-state index contributed by atoms with van der Waals surface area (Å²) in [5, 5.41) is 3.53. The fourth-order valence-corrected chi connectivity index (χ4v) is 2.84. The molecule has 0 atom stereocenters. The van der Waals surface area contributed by atoms with Gasteiger partial charge in [0.15, 0.2) is 11.5 Å². The predicted molar refractivity (Wildman–Crippen MR) is 102 cm³/mol. The zero-order chi connectivity index (χ0) is 16.9. The van der Waals surface area contributed by atoms with E-state index in [0.29, 0.717) is 13.2 Å². The first-order valence-corrected chi connectivity index (χ1v) is 9.80. The number of benzene rings is 1. The summed E-state index contributed by atoms with van der Waals surface area (Å²) in [4.78, 5) is 0. The molecule has 0 fully saturated rings. The number of hydrogen-bond donors (Lipinski definition) is 1. The molecule has 0 aromatic heterocycles. The number of nitrogens with one attached hydrogen (secondary N) is 1. The van der Waals surface area contributed by atoms with Crippen molar-refractivity contribution in [3.05, 3.63) is 22.2 Å². The highest BCUT2D eigenvalue weighted by molar-refractivity contribution is 9.10. The number of hydrogen-bond acceptors (Lipinski definition) is 3. The molecule has 0 unspecified atom stereocenters. The van der Waals surface area contributed by atoms with Crippen molar-refractivity contribution in [1.82, 2.24) is 5.32 Å². The van der Waals surface area contributed by atoms with Crippen molar-refractivity contribution >= 4 is 15.9 Å². The molecule has 0 aliphatic rings. The van der Waals surface area contributed by atoms with Gasteiger partial charge in [0.25, 0.3) is 0 Å². The van der Waals surface area contributed by atoms with E-state index in [4.69, 9.17) is 9.47 Å². The maximum absolute atomic E-state index is 5.78. The summed E-state index contributed by atoms with van der Waals surface area (Å²) in [7, 11) is 0. The zero-order valence-corrected chi connectivity index (χ0v) is 16.5. The third-order valence-corrected chi connectivity index (χ3v) is 4.39. The fraction of sp³-hybridized carbons (Fsp3) is 0.684. The maximum Gasteiger partial charge on any atom is 0.162 e. The van der Waals surface area contributed by atoms with Gasteiger partial charge in [-0.2, -0.15) is 0 Å². The number of ether oxygens (including phenoxy) is 2. The number of unbranched alkanes of at least 4 members (excludes halogenated alkanes) is 4. The van der Waals surface area contributed by atoms with Gasteiger partial charge >= 0.3 is 0 Å². The number of halogens is 1. The standard InChI is InChI=1S/C19H32BrNO2/c1-4-7-8-9-10-11-21-15-16-13-18(22-6-3)19(14-17(16)20)23-12-5-2/h13-14,21H,4-12,15H2,1-3H3. The summed E-state index contributed by atoms with van der Waals surface area (Å²) in [6.45, 7) is 9.63. The summed E-state index contributed by atoms with van der Waals surface area (Å²) in [6, 6.07) is 4.11. The van der Waals surface area contributed by atoms with E-state index < -0.39 is 0 Å². The van der Waals surface area contributed by atoms with Crippen LogP contribution in [-0.2, 0) is 6.54 Å². The van der Waals surface area contributed by atoms with E-state index >= 15 is 0 Å². The molecule has 0 heterocycles. The third-order valence-electron chi connectivity index (χ3n) is 3.65. The van der Waals surface area contributed by atoms with Crippen molar-refractivity contribution in [3.8, 4) is 11.5 Å². The van der Waals surface area contributed by atoms with Crippen LogP contribution in [0.15, 0.2) is 16.6 Å². The van der Waals surface area contributed by atoms with Crippen LogP contribution in [0.1, 0.15) is 64.9 Å². The molecule has 0 radical (unpaired) electrons. The van der Waals surface area contributed by atoms with Gasteiger partial charge in [0.05, 0.1) is 13.2 Å². The second-order valence-corrected chi connectivity index (χ2v) is 6.62. The summed E-state index contributed by atoms with van der Waals surface area (Å²) >= 11 is 3.65. The SMILES string of the molecule is CCCCCCCNCc1cc(OCC)c(OCCC)cc1Br. The Morgan fingerprint density at radius 1 is 0.913 bits per heavy atom. The van der Waals surface area contributed by atoms with Gasteiger partial charge in [-0.1, -0.05) is 55.5 Å². The molecular weight excluding hydrogens is 354 g/mol. The lowest BCUT2D eigenvalue weighted by atomic mass is 10.1. The van der Waals surface area contributed by atoms with Gasteiger partial charge in [0.1, 0.15) is 0 Å². The van der Waals surface area contributed by atoms with Gasteiger partial charge in [0.2, 0.25) is 0 Å². The van der Waals surface area contributed by atoms with Crippen LogP contribution in [0.2, 0.25) is 0 Å². The van der Waals surface area contributed by atoms with Crippen molar-refractivity contribution < 1.29 is 9.47 Å². The van der Waals surface area contributed by atoms with E-state index in [-0.39, 0.29) is 0 Å². The van der Waals surface area contributed by atoms with Gasteiger partial charge in [-0.3, -0.25) is 0 Å².